The summed E-state index contributed by atoms with van der Waals surface area (Å²) in [4.78, 5) is 1.98. The molecule has 1 saturated carbocycles. The van der Waals surface area contributed by atoms with Gasteiger partial charge in [-0.3, -0.25) is 0 Å². The maximum Gasteiger partial charge on any atom is 0.393 e. The number of nitrogens with one attached hydrogen (secondary N) is 1. The third-order valence-electron chi connectivity index (χ3n) is 4.25. The smallest absolute Gasteiger partial charge is 0.381 e. The highest BCUT2D eigenvalue weighted by atomic mass is 19.4. The lowest BCUT2D eigenvalue weighted by Crippen LogP contribution is -2.41. The van der Waals surface area contributed by atoms with E-state index >= 15 is 0 Å². The number of nitrogens with zero attached hydrogens (tertiary/aromatic N) is 1. The van der Waals surface area contributed by atoms with Gasteiger partial charge in [0.25, 0.3) is 0 Å². The molecule has 2 unspecified atom stereocenters. The maximum atomic E-state index is 13.1. The minimum absolute atomic E-state index is 0.232. The van der Waals surface area contributed by atoms with Crippen molar-refractivity contribution in [2.75, 3.05) is 24.3 Å². The standard InChI is InChI=1S/C16H23F3N2/c1-11-10-12(21(2)3)8-9-14(11)20-15-7-5-4-6-13(15)16(17,18)19/h8-10,13,15,20H,4-7H2,1-3H3. The summed E-state index contributed by atoms with van der Waals surface area (Å²) in [5.41, 5.74) is 2.84. The van der Waals surface area contributed by atoms with Crippen LogP contribution in [0.3, 0.4) is 0 Å². The average Bonchev–Trinajstić information content (AvgIpc) is 2.40. The number of hydrogen-bond donors (Lipinski definition) is 1. The number of anilines is 2. The highest BCUT2D eigenvalue weighted by Crippen LogP contribution is 2.39. The fourth-order valence-corrected chi connectivity index (χ4v) is 2.98. The Morgan fingerprint density at radius 3 is 2.38 bits per heavy atom. The summed E-state index contributed by atoms with van der Waals surface area (Å²) in [7, 11) is 3.89. The molecule has 1 aliphatic carbocycles. The number of aryl methyl sites for hydroxylation is 1. The second-order valence-electron chi connectivity index (χ2n) is 6.08. The van der Waals surface area contributed by atoms with Gasteiger partial charge in [-0.05, 0) is 43.5 Å². The zero-order chi connectivity index (χ0) is 15.6. The van der Waals surface area contributed by atoms with E-state index in [2.05, 4.69) is 5.32 Å². The van der Waals surface area contributed by atoms with Crippen LogP contribution in [-0.4, -0.2) is 26.3 Å². The van der Waals surface area contributed by atoms with Gasteiger partial charge in [0, 0.05) is 31.5 Å². The molecule has 0 aromatic heterocycles. The van der Waals surface area contributed by atoms with Crippen molar-refractivity contribution >= 4 is 11.4 Å². The lowest BCUT2D eigenvalue weighted by molar-refractivity contribution is -0.184. The molecule has 0 saturated heterocycles. The van der Waals surface area contributed by atoms with Crippen molar-refractivity contribution in [1.82, 2.24) is 0 Å². The predicted octanol–water partition coefficient (Wildman–Crippen LogP) is 4.59. The lowest BCUT2D eigenvalue weighted by Gasteiger charge is -2.34. The fourth-order valence-electron chi connectivity index (χ4n) is 2.98. The zero-order valence-electron chi connectivity index (χ0n) is 12.8. The van der Waals surface area contributed by atoms with Gasteiger partial charge in [-0.1, -0.05) is 12.8 Å². The molecule has 1 aromatic rings. The van der Waals surface area contributed by atoms with Gasteiger partial charge in [0.15, 0.2) is 0 Å². The van der Waals surface area contributed by atoms with E-state index in [0.29, 0.717) is 12.8 Å². The van der Waals surface area contributed by atoms with E-state index in [4.69, 9.17) is 0 Å². The number of rotatable bonds is 3. The zero-order valence-corrected chi connectivity index (χ0v) is 12.8. The Balaban J connectivity index is 2.16. The molecule has 0 heterocycles. The SMILES string of the molecule is Cc1cc(N(C)C)ccc1NC1CCCCC1C(F)(F)F. The van der Waals surface area contributed by atoms with Gasteiger partial charge in [0.2, 0.25) is 0 Å². The van der Waals surface area contributed by atoms with E-state index in [1.165, 1.54) is 0 Å². The van der Waals surface area contributed by atoms with Crippen molar-refractivity contribution in [3.8, 4) is 0 Å². The number of halogens is 3. The van der Waals surface area contributed by atoms with Crippen LogP contribution in [0.1, 0.15) is 31.2 Å². The van der Waals surface area contributed by atoms with Crippen LogP contribution in [0, 0.1) is 12.8 Å². The molecule has 1 aromatic carbocycles. The van der Waals surface area contributed by atoms with E-state index in [9.17, 15) is 13.2 Å². The molecule has 1 N–H and O–H groups in total. The van der Waals surface area contributed by atoms with E-state index in [1.807, 2.05) is 44.1 Å². The third-order valence-corrected chi connectivity index (χ3v) is 4.25. The number of benzene rings is 1. The Hall–Kier alpha value is -1.39. The molecule has 2 rings (SSSR count). The van der Waals surface area contributed by atoms with Crippen LogP contribution in [0.2, 0.25) is 0 Å². The van der Waals surface area contributed by atoms with Crippen molar-refractivity contribution in [3.05, 3.63) is 23.8 Å². The van der Waals surface area contributed by atoms with Crippen molar-refractivity contribution in [2.24, 2.45) is 5.92 Å². The highest BCUT2D eigenvalue weighted by Gasteiger charge is 2.45. The molecular formula is C16H23F3N2. The topological polar surface area (TPSA) is 15.3 Å². The summed E-state index contributed by atoms with van der Waals surface area (Å²) < 4.78 is 39.4. The fraction of sp³-hybridized carbons (Fsp3) is 0.625. The average molecular weight is 300 g/mol. The normalized spacial score (nSPS) is 23.0. The quantitative estimate of drug-likeness (QED) is 0.878. The lowest BCUT2D eigenvalue weighted by atomic mass is 9.83. The van der Waals surface area contributed by atoms with Crippen LogP contribution < -0.4 is 10.2 Å². The minimum atomic E-state index is -4.12. The predicted molar refractivity (Wildman–Crippen MR) is 80.9 cm³/mol. The van der Waals surface area contributed by atoms with Crippen LogP contribution >= 0.6 is 0 Å². The van der Waals surface area contributed by atoms with Gasteiger partial charge in [0.05, 0.1) is 5.92 Å². The van der Waals surface area contributed by atoms with Gasteiger partial charge in [-0.15, -0.1) is 0 Å². The Labute approximate surface area is 124 Å². The molecule has 1 fully saturated rings. The molecule has 2 nitrogen and oxygen atoms in total. The second kappa shape index (κ2) is 6.16. The molecule has 0 spiro atoms. The van der Waals surface area contributed by atoms with E-state index in [0.717, 1.165) is 23.4 Å². The molecule has 21 heavy (non-hydrogen) atoms. The summed E-state index contributed by atoms with van der Waals surface area (Å²) in [5.74, 6) is -1.24. The van der Waals surface area contributed by atoms with Crippen molar-refractivity contribution in [3.63, 3.8) is 0 Å². The van der Waals surface area contributed by atoms with Crippen LogP contribution in [-0.2, 0) is 0 Å². The maximum absolute atomic E-state index is 13.1. The van der Waals surface area contributed by atoms with Crippen LogP contribution in [0.15, 0.2) is 18.2 Å². The molecule has 0 aliphatic heterocycles. The summed E-state index contributed by atoms with van der Waals surface area (Å²) >= 11 is 0. The first-order valence-electron chi connectivity index (χ1n) is 7.40. The summed E-state index contributed by atoms with van der Waals surface area (Å²) in [5, 5.41) is 3.13. The van der Waals surface area contributed by atoms with Crippen LogP contribution in [0.5, 0.6) is 0 Å². The van der Waals surface area contributed by atoms with Crippen molar-refractivity contribution in [2.45, 2.75) is 44.8 Å². The summed E-state index contributed by atoms with van der Waals surface area (Å²) in [6.07, 6.45) is -1.77. The van der Waals surface area contributed by atoms with Crippen molar-refractivity contribution in [1.29, 1.82) is 0 Å². The molecule has 1 aliphatic rings. The van der Waals surface area contributed by atoms with Gasteiger partial charge >= 0.3 is 6.18 Å². The van der Waals surface area contributed by atoms with Gasteiger partial charge in [0.1, 0.15) is 0 Å². The Morgan fingerprint density at radius 1 is 1.14 bits per heavy atom. The Kier molecular flexibility index (Phi) is 4.69. The van der Waals surface area contributed by atoms with E-state index in [-0.39, 0.29) is 6.42 Å². The summed E-state index contributed by atoms with van der Waals surface area (Å²) in [6.45, 7) is 1.93. The molecule has 118 valence electrons. The minimum Gasteiger partial charge on any atom is -0.381 e. The monoisotopic (exact) mass is 300 g/mol. The van der Waals surface area contributed by atoms with Gasteiger partial charge < -0.3 is 10.2 Å². The van der Waals surface area contributed by atoms with Crippen LogP contribution in [0.25, 0.3) is 0 Å². The second-order valence-corrected chi connectivity index (χ2v) is 6.08. The Bertz CT molecular complexity index is 483. The van der Waals surface area contributed by atoms with E-state index in [1.54, 1.807) is 0 Å². The molecule has 0 radical (unpaired) electrons. The number of alkyl halides is 3. The molecule has 2 atom stereocenters. The van der Waals surface area contributed by atoms with Crippen LogP contribution in [0.4, 0.5) is 24.5 Å². The van der Waals surface area contributed by atoms with Gasteiger partial charge in [-0.25, -0.2) is 0 Å². The molecular weight excluding hydrogens is 277 g/mol. The summed E-state index contributed by atoms with van der Waals surface area (Å²) in [6, 6.07) is 5.30. The largest absolute Gasteiger partial charge is 0.393 e. The molecule has 5 heteroatoms. The van der Waals surface area contributed by atoms with E-state index < -0.39 is 18.1 Å². The Morgan fingerprint density at radius 2 is 1.81 bits per heavy atom. The first-order chi connectivity index (χ1) is 9.79. The molecule has 0 amide bonds. The van der Waals surface area contributed by atoms with Gasteiger partial charge in [-0.2, -0.15) is 13.2 Å². The first-order valence-corrected chi connectivity index (χ1v) is 7.40. The highest BCUT2D eigenvalue weighted by molar-refractivity contribution is 5.60. The number of hydrogen-bond acceptors (Lipinski definition) is 2. The molecule has 0 bridgehead atoms. The first kappa shape index (κ1) is 16.0. The third kappa shape index (κ3) is 3.83. The van der Waals surface area contributed by atoms with Crippen molar-refractivity contribution < 1.29 is 13.2 Å².